The van der Waals surface area contributed by atoms with Gasteiger partial charge in [0, 0.05) is 32.4 Å². The van der Waals surface area contributed by atoms with Gasteiger partial charge in [0.2, 0.25) is 5.91 Å². The Morgan fingerprint density at radius 3 is 2.37 bits per heavy atom. The normalized spacial score (nSPS) is 21.1. The van der Waals surface area contributed by atoms with Gasteiger partial charge in [-0.1, -0.05) is 11.6 Å². The molecule has 1 aromatic rings. The molecule has 3 heterocycles. The topological polar surface area (TPSA) is 85.8 Å². The van der Waals surface area contributed by atoms with Gasteiger partial charge >= 0.3 is 12.2 Å². The van der Waals surface area contributed by atoms with E-state index in [0.29, 0.717) is 25.9 Å². The zero-order valence-electron chi connectivity index (χ0n) is 15.8. The number of pyridine rings is 1. The van der Waals surface area contributed by atoms with Crippen LogP contribution in [0.25, 0.3) is 0 Å². The lowest BCUT2D eigenvalue weighted by Gasteiger charge is -2.36. The molecule has 3 aliphatic rings. The molecule has 1 aliphatic carbocycles. The molecule has 3 fully saturated rings. The Kier molecular flexibility index (Phi) is 5.03. The summed E-state index contributed by atoms with van der Waals surface area (Å²) in [4.78, 5) is 45.2. The van der Waals surface area contributed by atoms with E-state index in [4.69, 9.17) is 11.6 Å². The predicted molar refractivity (Wildman–Crippen MR) is 99.9 cm³/mol. The van der Waals surface area contributed by atoms with Gasteiger partial charge in [0.05, 0.1) is 10.6 Å². The van der Waals surface area contributed by atoms with Crippen molar-refractivity contribution < 1.29 is 27.6 Å². The first-order valence-corrected chi connectivity index (χ1v) is 9.88. The maximum Gasteiger partial charge on any atom is 0.417 e. The smallest absolute Gasteiger partial charge is 0.352 e. The third-order valence-electron chi connectivity index (χ3n) is 5.83. The zero-order chi connectivity index (χ0) is 21.7. The van der Waals surface area contributed by atoms with Crippen LogP contribution in [0.2, 0.25) is 5.02 Å². The van der Waals surface area contributed by atoms with Gasteiger partial charge in [-0.15, -0.1) is 0 Å². The van der Waals surface area contributed by atoms with E-state index in [0.717, 1.165) is 23.6 Å². The van der Waals surface area contributed by atoms with Gasteiger partial charge in [0.15, 0.2) is 0 Å². The summed E-state index contributed by atoms with van der Waals surface area (Å²) in [5, 5.41) is 2.56. The lowest BCUT2D eigenvalue weighted by Crippen LogP contribution is -2.54. The molecule has 30 heavy (non-hydrogen) atoms. The largest absolute Gasteiger partial charge is 0.417 e. The quantitative estimate of drug-likeness (QED) is 0.718. The first-order valence-electron chi connectivity index (χ1n) is 9.50. The second-order valence-corrected chi connectivity index (χ2v) is 8.06. The van der Waals surface area contributed by atoms with Crippen LogP contribution < -0.4 is 10.2 Å². The van der Waals surface area contributed by atoms with E-state index >= 15 is 0 Å². The highest BCUT2D eigenvalue weighted by molar-refractivity contribution is 6.33. The molecule has 1 N–H and O–H groups in total. The minimum absolute atomic E-state index is 0.116. The number of nitrogens with one attached hydrogen (secondary N) is 1. The highest BCUT2D eigenvalue weighted by atomic mass is 35.5. The molecule has 1 spiro atoms. The number of anilines is 1. The molecule has 162 valence electrons. The van der Waals surface area contributed by atoms with Crippen molar-refractivity contribution in [2.24, 2.45) is 0 Å². The first kappa shape index (κ1) is 20.7. The van der Waals surface area contributed by atoms with Gasteiger partial charge in [0.25, 0.3) is 5.91 Å². The van der Waals surface area contributed by atoms with Crippen LogP contribution >= 0.6 is 11.6 Å². The zero-order valence-corrected chi connectivity index (χ0v) is 16.6. The summed E-state index contributed by atoms with van der Waals surface area (Å²) in [5.74, 6) is -0.495. The number of hydrogen-bond acceptors (Lipinski definition) is 5. The number of urea groups is 1. The van der Waals surface area contributed by atoms with Gasteiger partial charge in [0.1, 0.15) is 17.9 Å². The van der Waals surface area contributed by atoms with Crippen LogP contribution in [0, 0.1) is 0 Å². The lowest BCUT2D eigenvalue weighted by atomic mass is 9.77. The molecule has 8 nitrogen and oxygen atoms in total. The standard InChI is InChI=1S/C18H19ClF3N5O3/c19-12-8-11(18(20,21)22)9-23-14(12)26-6-4-25(5-7-26)13(28)10-27-15(29)17(2-1-3-17)24-16(27)30/h8-9H,1-7,10H2,(H,24,30). The first-order chi connectivity index (χ1) is 14.1. The number of aromatic nitrogens is 1. The predicted octanol–water partition coefficient (Wildman–Crippen LogP) is 1.88. The van der Waals surface area contributed by atoms with Crippen molar-refractivity contribution in [2.45, 2.75) is 31.0 Å². The lowest BCUT2D eigenvalue weighted by molar-refractivity contribution is -0.140. The fourth-order valence-electron chi connectivity index (χ4n) is 3.91. The summed E-state index contributed by atoms with van der Waals surface area (Å²) in [7, 11) is 0. The van der Waals surface area contributed by atoms with Crippen molar-refractivity contribution in [3.63, 3.8) is 0 Å². The number of halogens is 4. The number of imide groups is 1. The van der Waals surface area contributed by atoms with Crippen LogP contribution in [0.1, 0.15) is 24.8 Å². The van der Waals surface area contributed by atoms with Crippen molar-refractivity contribution in [1.29, 1.82) is 0 Å². The Hall–Kier alpha value is -2.56. The van der Waals surface area contributed by atoms with E-state index in [9.17, 15) is 27.6 Å². The average molecular weight is 446 g/mol. The Morgan fingerprint density at radius 1 is 1.20 bits per heavy atom. The van der Waals surface area contributed by atoms with Crippen molar-refractivity contribution >= 4 is 35.3 Å². The van der Waals surface area contributed by atoms with E-state index in [1.165, 1.54) is 4.90 Å². The van der Waals surface area contributed by atoms with Crippen LogP contribution in [0.4, 0.5) is 23.8 Å². The molecule has 0 atom stereocenters. The second kappa shape index (κ2) is 7.29. The van der Waals surface area contributed by atoms with Gasteiger partial charge in [-0.05, 0) is 25.3 Å². The summed E-state index contributed by atoms with van der Waals surface area (Å²) in [6.45, 7) is 0.840. The Morgan fingerprint density at radius 2 is 1.87 bits per heavy atom. The molecule has 4 amide bonds. The van der Waals surface area contributed by atoms with Crippen LogP contribution in [0.3, 0.4) is 0 Å². The molecule has 0 aromatic carbocycles. The fourth-order valence-corrected chi connectivity index (χ4v) is 4.20. The molecular weight excluding hydrogens is 427 g/mol. The summed E-state index contributed by atoms with van der Waals surface area (Å²) < 4.78 is 38.3. The summed E-state index contributed by atoms with van der Waals surface area (Å²) in [5.41, 5.74) is -1.76. The molecular formula is C18H19ClF3N5O3. The highest BCUT2D eigenvalue weighted by Gasteiger charge is 2.55. The Labute approximate surface area is 174 Å². The van der Waals surface area contributed by atoms with Crippen LogP contribution in [-0.4, -0.2) is 70.9 Å². The second-order valence-electron chi connectivity index (χ2n) is 7.65. The average Bonchev–Trinajstić information content (AvgIpc) is 2.92. The maximum absolute atomic E-state index is 12.8. The number of amides is 4. The molecule has 1 aromatic heterocycles. The van der Waals surface area contributed by atoms with E-state index in [2.05, 4.69) is 10.3 Å². The van der Waals surface area contributed by atoms with Crippen molar-refractivity contribution in [2.75, 3.05) is 37.6 Å². The number of rotatable bonds is 3. The number of nitrogens with zero attached hydrogens (tertiary/aromatic N) is 4. The molecule has 4 rings (SSSR count). The Bertz CT molecular complexity index is 898. The van der Waals surface area contributed by atoms with Crippen LogP contribution in [0.15, 0.2) is 12.3 Å². The number of carbonyl (C=O) groups excluding carboxylic acids is 3. The SMILES string of the molecule is O=C(CN1C(=O)NC2(CCC2)C1=O)N1CCN(c2ncc(C(F)(F)F)cc2Cl)CC1. The van der Waals surface area contributed by atoms with Gasteiger partial charge in [-0.3, -0.25) is 14.5 Å². The molecule has 2 aliphatic heterocycles. The number of piperazine rings is 1. The summed E-state index contributed by atoms with van der Waals surface area (Å²) in [6, 6.07) is 0.280. The minimum Gasteiger partial charge on any atom is -0.352 e. The number of alkyl halides is 3. The van der Waals surface area contributed by atoms with Crippen LogP contribution in [0.5, 0.6) is 0 Å². The third kappa shape index (κ3) is 3.55. The molecule has 0 bridgehead atoms. The molecule has 12 heteroatoms. The minimum atomic E-state index is -4.53. The maximum atomic E-state index is 12.8. The summed E-state index contributed by atoms with van der Waals surface area (Å²) >= 11 is 5.99. The Balaban J connectivity index is 1.35. The van der Waals surface area contributed by atoms with E-state index in [-0.39, 0.29) is 42.3 Å². The molecule has 1 saturated carbocycles. The number of carbonyl (C=O) groups is 3. The van der Waals surface area contributed by atoms with Crippen LogP contribution in [-0.2, 0) is 15.8 Å². The van der Waals surface area contributed by atoms with Crippen molar-refractivity contribution in [1.82, 2.24) is 20.1 Å². The van der Waals surface area contributed by atoms with Gasteiger partial charge in [-0.2, -0.15) is 13.2 Å². The van der Waals surface area contributed by atoms with E-state index in [1.54, 1.807) is 4.90 Å². The van der Waals surface area contributed by atoms with E-state index in [1.807, 2.05) is 0 Å². The summed E-state index contributed by atoms with van der Waals surface area (Å²) in [6.07, 6.45) is -1.77. The monoisotopic (exact) mass is 445 g/mol. The van der Waals surface area contributed by atoms with Gasteiger partial charge < -0.3 is 15.1 Å². The molecule has 2 saturated heterocycles. The molecule has 0 unspecified atom stereocenters. The van der Waals surface area contributed by atoms with Gasteiger partial charge in [-0.25, -0.2) is 9.78 Å². The number of hydrogen-bond donors (Lipinski definition) is 1. The fraction of sp³-hybridized carbons (Fsp3) is 0.556. The van der Waals surface area contributed by atoms with E-state index < -0.39 is 23.3 Å². The molecule has 0 radical (unpaired) electrons. The highest BCUT2D eigenvalue weighted by Crippen LogP contribution is 2.37. The van der Waals surface area contributed by atoms with Crippen molar-refractivity contribution in [3.05, 3.63) is 22.8 Å². The third-order valence-corrected chi connectivity index (χ3v) is 6.11. The van der Waals surface area contributed by atoms with Crippen molar-refractivity contribution in [3.8, 4) is 0 Å².